The zero-order chi connectivity index (χ0) is 18.0. The second-order valence-corrected chi connectivity index (χ2v) is 13.0. The van der Waals surface area contributed by atoms with Crippen molar-refractivity contribution >= 4 is 14.3 Å². The fourth-order valence-electron chi connectivity index (χ4n) is 2.66. The second kappa shape index (κ2) is 6.98. The molecule has 1 aromatic carbocycles. The van der Waals surface area contributed by atoms with Crippen molar-refractivity contribution in [3.8, 4) is 0 Å². The first-order chi connectivity index (χ1) is 11.0. The van der Waals surface area contributed by atoms with Crippen molar-refractivity contribution in [3.63, 3.8) is 0 Å². The van der Waals surface area contributed by atoms with Crippen LogP contribution in [0.25, 0.3) is 0 Å². The first-order valence-corrected chi connectivity index (χ1v) is 11.5. The molecule has 4 nitrogen and oxygen atoms in total. The lowest BCUT2D eigenvalue weighted by Gasteiger charge is -2.39. The van der Waals surface area contributed by atoms with E-state index in [1.54, 1.807) is 0 Å². The zero-order valence-corrected chi connectivity index (χ0v) is 16.7. The molecule has 134 valence electrons. The molecule has 2 unspecified atom stereocenters. The fourth-order valence-corrected chi connectivity index (χ4v) is 3.67. The summed E-state index contributed by atoms with van der Waals surface area (Å²) in [5.41, 5.74) is 1.21. The summed E-state index contributed by atoms with van der Waals surface area (Å²) >= 11 is 0. The number of hydrogen-bond acceptors (Lipinski definition) is 4. The number of carbonyl (C=O) groups is 1. The van der Waals surface area contributed by atoms with Crippen LogP contribution in [-0.2, 0) is 18.7 Å². The van der Waals surface area contributed by atoms with Gasteiger partial charge in [-0.25, -0.2) is 0 Å². The molecule has 0 bridgehead atoms. The van der Waals surface area contributed by atoms with Crippen molar-refractivity contribution < 1.29 is 18.7 Å². The normalized spacial score (nSPS) is 24.8. The van der Waals surface area contributed by atoms with Crippen LogP contribution in [0.3, 0.4) is 0 Å². The fraction of sp³-hybridized carbons (Fsp3) is 0.632. The third-order valence-corrected chi connectivity index (χ3v) is 9.64. The van der Waals surface area contributed by atoms with Gasteiger partial charge in [-0.2, -0.15) is 0 Å². The summed E-state index contributed by atoms with van der Waals surface area (Å²) in [6.07, 6.45) is 0.630. The maximum Gasteiger partial charge on any atom is 0.305 e. The van der Waals surface area contributed by atoms with Gasteiger partial charge in [0, 0.05) is 19.3 Å². The van der Waals surface area contributed by atoms with Crippen LogP contribution in [0.2, 0.25) is 18.1 Å². The standard InChI is InChI=1S/C19H30O4Si/c1-15(20)23-19(14-22-24(5,6)18(2,3)4)12-17(13-21-19)16-10-8-7-9-11-16/h7-11,17H,12-14H2,1-6H3. The molecule has 0 aliphatic carbocycles. The summed E-state index contributed by atoms with van der Waals surface area (Å²) < 4.78 is 17.9. The lowest BCUT2D eigenvalue weighted by Crippen LogP contribution is -2.47. The van der Waals surface area contributed by atoms with E-state index >= 15 is 0 Å². The van der Waals surface area contributed by atoms with Crippen molar-refractivity contribution in [2.75, 3.05) is 13.2 Å². The molecule has 0 aromatic heterocycles. The van der Waals surface area contributed by atoms with Crippen molar-refractivity contribution in [2.24, 2.45) is 0 Å². The van der Waals surface area contributed by atoms with Gasteiger partial charge < -0.3 is 13.9 Å². The Bertz CT molecular complexity index is 564. The first kappa shape index (κ1) is 19.2. The molecule has 1 fully saturated rings. The van der Waals surface area contributed by atoms with E-state index in [0.717, 1.165) is 0 Å². The third kappa shape index (κ3) is 4.46. The second-order valence-electron chi connectivity index (χ2n) is 8.18. The molecule has 24 heavy (non-hydrogen) atoms. The highest BCUT2D eigenvalue weighted by atomic mass is 28.4. The van der Waals surface area contributed by atoms with E-state index in [1.165, 1.54) is 12.5 Å². The highest BCUT2D eigenvalue weighted by molar-refractivity contribution is 6.74. The van der Waals surface area contributed by atoms with Crippen LogP contribution in [0.1, 0.15) is 45.6 Å². The van der Waals surface area contributed by atoms with Crippen molar-refractivity contribution in [1.29, 1.82) is 0 Å². The minimum Gasteiger partial charge on any atom is -0.431 e. The number of rotatable bonds is 5. The highest BCUT2D eigenvalue weighted by Gasteiger charge is 2.47. The summed E-state index contributed by atoms with van der Waals surface area (Å²) in [5.74, 6) is -1.09. The van der Waals surface area contributed by atoms with Gasteiger partial charge in [0.05, 0.1) is 13.2 Å². The van der Waals surface area contributed by atoms with Gasteiger partial charge in [-0.15, -0.1) is 0 Å². The molecular weight excluding hydrogens is 320 g/mol. The Morgan fingerprint density at radius 2 is 1.92 bits per heavy atom. The summed E-state index contributed by atoms with van der Waals surface area (Å²) in [6.45, 7) is 13.2. The van der Waals surface area contributed by atoms with Crippen molar-refractivity contribution in [3.05, 3.63) is 35.9 Å². The Hall–Kier alpha value is -1.17. The van der Waals surface area contributed by atoms with E-state index in [0.29, 0.717) is 19.6 Å². The van der Waals surface area contributed by atoms with Gasteiger partial charge in [-0.05, 0) is 23.7 Å². The molecule has 0 amide bonds. The minimum absolute atomic E-state index is 0.0991. The van der Waals surface area contributed by atoms with E-state index in [4.69, 9.17) is 13.9 Å². The lowest BCUT2D eigenvalue weighted by atomic mass is 9.95. The molecule has 1 aromatic rings. The van der Waals surface area contributed by atoms with E-state index in [-0.39, 0.29) is 16.9 Å². The van der Waals surface area contributed by atoms with E-state index in [1.807, 2.05) is 18.2 Å². The first-order valence-electron chi connectivity index (χ1n) is 8.57. The summed E-state index contributed by atoms with van der Waals surface area (Å²) in [6, 6.07) is 10.2. The van der Waals surface area contributed by atoms with Crippen LogP contribution in [0, 0.1) is 0 Å². The smallest absolute Gasteiger partial charge is 0.305 e. The largest absolute Gasteiger partial charge is 0.431 e. The molecule has 1 aliphatic heterocycles. The van der Waals surface area contributed by atoms with Gasteiger partial charge in [0.25, 0.3) is 0 Å². The molecule has 0 saturated carbocycles. The average molecular weight is 351 g/mol. The Morgan fingerprint density at radius 3 is 2.46 bits per heavy atom. The van der Waals surface area contributed by atoms with Gasteiger partial charge in [0.1, 0.15) is 0 Å². The average Bonchev–Trinajstić information content (AvgIpc) is 2.89. The molecule has 0 N–H and O–H groups in total. The van der Waals surface area contributed by atoms with Crippen LogP contribution in [0.5, 0.6) is 0 Å². The van der Waals surface area contributed by atoms with Crippen molar-refractivity contribution in [1.82, 2.24) is 0 Å². The Balaban J connectivity index is 2.13. The third-order valence-electron chi connectivity index (χ3n) is 5.16. The van der Waals surface area contributed by atoms with Crippen LogP contribution in [0.15, 0.2) is 30.3 Å². The monoisotopic (exact) mass is 350 g/mol. The molecule has 1 aliphatic rings. The van der Waals surface area contributed by atoms with Gasteiger partial charge in [-0.3, -0.25) is 4.79 Å². The maximum absolute atomic E-state index is 11.6. The quantitative estimate of drug-likeness (QED) is 0.580. The lowest BCUT2D eigenvalue weighted by molar-refractivity contribution is -0.223. The summed E-state index contributed by atoms with van der Waals surface area (Å²) in [4.78, 5) is 11.6. The number of carbonyl (C=O) groups excluding carboxylic acids is 1. The highest BCUT2D eigenvalue weighted by Crippen LogP contribution is 2.41. The SMILES string of the molecule is CC(=O)OC1(CO[Si](C)(C)C(C)(C)C)CC(c2ccccc2)CO1. The van der Waals surface area contributed by atoms with Crippen LogP contribution in [0.4, 0.5) is 0 Å². The zero-order valence-electron chi connectivity index (χ0n) is 15.7. The predicted octanol–water partition coefficient (Wildman–Crippen LogP) is 4.47. The number of benzene rings is 1. The Labute approximate surface area is 146 Å². The molecular formula is C19H30O4Si. The van der Waals surface area contributed by atoms with Gasteiger partial charge >= 0.3 is 5.97 Å². The topological polar surface area (TPSA) is 44.8 Å². The van der Waals surface area contributed by atoms with Crippen LogP contribution < -0.4 is 0 Å². The van der Waals surface area contributed by atoms with E-state index in [2.05, 4.69) is 46.0 Å². The van der Waals surface area contributed by atoms with Crippen LogP contribution in [-0.4, -0.2) is 33.3 Å². The number of ether oxygens (including phenoxy) is 2. The summed E-state index contributed by atoms with van der Waals surface area (Å²) in [5, 5.41) is 0.0991. The van der Waals surface area contributed by atoms with Gasteiger partial charge in [0.15, 0.2) is 8.32 Å². The summed E-state index contributed by atoms with van der Waals surface area (Å²) in [7, 11) is -1.94. The molecule has 5 heteroatoms. The van der Waals surface area contributed by atoms with Gasteiger partial charge in [-0.1, -0.05) is 51.1 Å². The van der Waals surface area contributed by atoms with E-state index < -0.39 is 14.1 Å². The minimum atomic E-state index is -1.94. The molecule has 2 atom stereocenters. The maximum atomic E-state index is 11.6. The van der Waals surface area contributed by atoms with Gasteiger partial charge in [0.2, 0.25) is 5.79 Å². The van der Waals surface area contributed by atoms with Crippen LogP contribution >= 0.6 is 0 Å². The molecule has 0 radical (unpaired) electrons. The Morgan fingerprint density at radius 1 is 1.29 bits per heavy atom. The molecule has 2 rings (SSSR count). The number of esters is 1. The number of hydrogen-bond donors (Lipinski definition) is 0. The molecule has 1 saturated heterocycles. The van der Waals surface area contributed by atoms with Crippen molar-refractivity contribution in [2.45, 2.75) is 64.0 Å². The van der Waals surface area contributed by atoms with E-state index in [9.17, 15) is 4.79 Å². The molecule has 0 spiro atoms. The Kier molecular flexibility index (Phi) is 5.57. The predicted molar refractivity (Wildman–Crippen MR) is 97.4 cm³/mol. The molecule has 1 heterocycles.